The summed E-state index contributed by atoms with van der Waals surface area (Å²) in [5.41, 5.74) is 0.849. The molecule has 1 aromatic carbocycles. The van der Waals surface area contributed by atoms with Crippen molar-refractivity contribution in [3.05, 3.63) is 36.2 Å². The molecule has 2 atom stereocenters. The monoisotopic (exact) mass is 381 g/mol. The van der Waals surface area contributed by atoms with Crippen LogP contribution in [0.4, 0.5) is 13.2 Å². The van der Waals surface area contributed by atoms with Gasteiger partial charge in [-0.25, -0.2) is 0 Å². The first-order chi connectivity index (χ1) is 12.9. The maximum absolute atomic E-state index is 12.8. The summed E-state index contributed by atoms with van der Waals surface area (Å²) in [6.07, 6.45) is -1.81. The first kappa shape index (κ1) is 19.4. The van der Waals surface area contributed by atoms with Crippen molar-refractivity contribution in [3.8, 4) is 11.4 Å². The highest BCUT2D eigenvalue weighted by Crippen LogP contribution is 2.37. The number of rotatable bonds is 6. The number of hydrogen-bond donors (Lipinski definition) is 1. The fourth-order valence-electron chi connectivity index (χ4n) is 3.38. The smallest absolute Gasteiger partial charge is 0.353 e. The zero-order chi connectivity index (χ0) is 19.3. The fourth-order valence-corrected chi connectivity index (χ4v) is 3.38. The van der Waals surface area contributed by atoms with Crippen LogP contribution in [0.5, 0.6) is 0 Å². The summed E-state index contributed by atoms with van der Waals surface area (Å²) < 4.78 is 43.7. The standard InChI is InChI=1S/C19H22F3N3O2/c20-19(21,22)14-8-4-9-15(12-14)23-16(26)10-5-11-17-24-18(25-27-17)13-6-2-1-3-7-13/h1-3,6-7,14-15H,4-5,8-12H2,(H,23,26). The Hall–Kier alpha value is -2.38. The fraction of sp³-hybridized carbons (Fsp3) is 0.526. The lowest BCUT2D eigenvalue weighted by Gasteiger charge is -2.31. The molecule has 1 saturated carbocycles. The van der Waals surface area contributed by atoms with E-state index in [2.05, 4.69) is 15.5 Å². The number of amides is 1. The summed E-state index contributed by atoms with van der Waals surface area (Å²) >= 11 is 0. The second-order valence-electron chi connectivity index (χ2n) is 6.90. The van der Waals surface area contributed by atoms with Gasteiger partial charge in [0.05, 0.1) is 5.92 Å². The lowest BCUT2D eigenvalue weighted by atomic mass is 9.85. The predicted molar refractivity (Wildman–Crippen MR) is 92.6 cm³/mol. The summed E-state index contributed by atoms with van der Waals surface area (Å²) in [6, 6.07) is 9.01. The molecular formula is C19H22F3N3O2. The van der Waals surface area contributed by atoms with Crippen LogP contribution in [0.1, 0.15) is 44.4 Å². The molecule has 2 unspecified atom stereocenters. The number of benzene rings is 1. The summed E-state index contributed by atoms with van der Waals surface area (Å²) in [7, 11) is 0. The lowest BCUT2D eigenvalue weighted by molar-refractivity contribution is -0.184. The Morgan fingerprint density at radius 2 is 2.00 bits per heavy atom. The van der Waals surface area contributed by atoms with Crippen LogP contribution in [0.25, 0.3) is 11.4 Å². The number of hydrogen-bond acceptors (Lipinski definition) is 4. The number of carbonyl (C=O) groups is 1. The van der Waals surface area contributed by atoms with Gasteiger partial charge in [-0.05, 0) is 25.7 Å². The van der Waals surface area contributed by atoms with Crippen LogP contribution in [0, 0.1) is 5.92 Å². The van der Waals surface area contributed by atoms with Crippen LogP contribution in [0.2, 0.25) is 0 Å². The van der Waals surface area contributed by atoms with Gasteiger partial charge in [0.15, 0.2) is 0 Å². The molecule has 1 N–H and O–H groups in total. The topological polar surface area (TPSA) is 68.0 Å². The van der Waals surface area contributed by atoms with E-state index in [1.54, 1.807) is 0 Å². The normalized spacial score (nSPS) is 20.4. The summed E-state index contributed by atoms with van der Waals surface area (Å²) in [5.74, 6) is -0.608. The number of halogens is 3. The predicted octanol–water partition coefficient (Wildman–Crippen LogP) is 4.30. The average molecular weight is 381 g/mol. The van der Waals surface area contributed by atoms with E-state index in [9.17, 15) is 18.0 Å². The van der Waals surface area contributed by atoms with E-state index < -0.39 is 18.1 Å². The Labute approximate surface area is 155 Å². The highest BCUT2D eigenvalue weighted by Gasteiger charge is 2.42. The highest BCUT2D eigenvalue weighted by atomic mass is 19.4. The Morgan fingerprint density at radius 1 is 1.22 bits per heavy atom. The van der Waals surface area contributed by atoms with Crippen molar-refractivity contribution < 1.29 is 22.5 Å². The number of alkyl halides is 3. The first-order valence-corrected chi connectivity index (χ1v) is 9.16. The Morgan fingerprint density at radius 3 is 2.74 bits per heavy atom. The van der Waals surface area contributed by atoms with Crippen molar-refractivity contribution >= 4 is 5.91 Å². The zero-order valence-corrected chi connectivity index (χ0v) is 14.8. The van der Waals surface area contributed by atoms with E-state index >= 15 is 0 Å². The van der Waals surface area contributed by atoms with Crippen LogP contribution in [-0.2, 0) is 11.2 Å². The number of aryl methyl sites for hydroxylation is 1. The summed E-state index contributed by atoms with van der Waals surface area (Å²) in [5, 5.41) is 6.65. The van der Waals surface area contributed by atoms with Gasteiger partial charge in [0.1, 0.15) is 0 Å². The molecule has 0 spiro atoms. The number of aromatic nitrogens is 2. The van der Waals surface area contributed by atoms with Gasteiger partial charge in [-0.3, -0.25) is 4.79 Å². The lowest BCUT2D eigenvalue weighted by Crippen LogP contribution is -2.41. The van der Waals surface area contributed by atoms with Gasteiger partial charge in [-0.15, -0.1) is 0 Å². The SMILES string of the molecule is O=C(CCCc1nc(-c2ccccc2)no1)NC1CCCC(C(F)(F)F)C1. The molecule has 5 nitrogen and oxygen atoms in total. The van der Waals surface area contributed by atoms with E-state index in [-0.39, 0.29) is 25.2 Å². The molecule has 0 radical (unpaired) electrons. The van der Waals surface area contributed by atoms with E-state index in [4.69, 9.17) is 4.52 Å². The molecule has 1 aromatic heterocycles. The molecule has 1 fully saturated rings. The first-order valence-electron chi connectivity index (χ1n) is 9.16. The van der Waals surface area contributed by atoms with Gasteiger partial charge in [0.2, 0.25) is 17.6 Å². The third-order valence-electron chi connectivity index (χ3n) is 4.80. The molecular weight excluding hydrogens is 359 g/mol. The Balaban J connectivity index is 1.42. The van der Waals surface area contributed by atoms with E-state index in [0.717, 1.165) is 5.56 Å². The van der Waals surface area contributed by atoms with Crippen LogP contribution >= 0.6 is 0 Å². The van der Waals surface area contributed by atoms with Crippen molar-refractivity contribution in [2.24, 2.45) is 5.92 Å². The molecule has 0 aliphatic heterocycles. The molecule has 3 rings (SSSR count). The van der Waals surface area contributed by atoms with Crippen molar-refractivity contribution in [3.63, 3.8) is 0 Å². The van der Waals surface area contributed by atoms with Gasteiger partial charge in [-0.1, -0.05) is 41.9 Å². The molecule has 0 bridgehead atoms. The van der Waals surface area contributed by atoms with Crippen LogP contribution in [-0.4, -0.2) is 28.3 Å². The molecule has 2 aromatic rings. The number of nitrogens with one attached hydrogen (secondary N) is 1. The molecule has 8 heteroatoms. The van der Waals surface area contributed by atoms with Gasteiger partial charge in [0, 0.05) is 24.4 Å². The number of nitrogens with zero attached hydrogens (tertiary/aromatic N) is 2. The summed E-state index contributed by atoms with van der Waals surface area (Å²) in [4.78, 5) is 16.3. The Kier molecular flexibility index (Phi) is 6.13. The molecule has 146 valence electrons. The second kappa shape index (κ2) is 8.54. The van der Waals surface area contributed by atoms with Crippen LogP contribution in [0.3, 0.4) is 0 Å². The van der Waals surface area contributed by atoms with Crippen LogP contribution in [0.15, 0.2) is 34.9 Å². The van der Waals surface area contributed by atoms with Gasteiger partial charge >= 0.3 is 6.18 Å². The third-order valence-corrected chi connectivity index (χ3v) is 4.80. The molecule has 27 heavy (non-hydrogen) atoms. The van der Waals surface area contributed by atoms with Gasteiger partial charge < -0.3 is 9.84 Å². The minimum atomic E-state index is -4.18. The molecule has 1 aliphatic rings. The molecule has 1 aliphatic carbocycles. The van der Waals surface area contributed by atoms with Crippen molar-refractivity contribution in [1.29, 1.82) is 0 Å². The largest absolute Gasteiger partial charge is 0.391 e. The average Bonchev–Trinajstić information content (AvgIpc) is 3.11. The maximum Gasteiger partial charge on any atom is 0.391 e. The van der Waals surface area contributed by atoms with E-state index in [0.29, 0.717) is 37.4 Å². The third kappa shape index (κ3) is 5.55. The molecule has 1 heterocycles. The number of carbonyl (C=O) groups excluding carboxylic acids is 1. The maximum atomic E-state index is 12.8. The molecule has 1 amide bonds. The van der Waals surface area contributed by atoms with Gasteiger partial charge in [-0.2, -0.15) is 18.2 Å². The molecule has 0 saturated heterocycles. The van der Waals surface area contributed by atoms with Crippen molar-refractivity contribution in [2.75, 3.05) is 0 Å². The van der Waals surface area contributed by atoms with Crippen molar-refractivity contribution in [1.82, 2.24) is 15.5 Å². The minimum absolute atomic E-state index is 0.0284. The highest BCUT2D eigenvalue weighted by molar-refractivity contribution is 5.76. The Bertz CT molecular complexity index is 746. The van der Waals surface area contributed by atoms with Gasteiger partial charge in [0.25, 0.3) is 0 Å². The zero-order valence-electron chi connectivity index (χ0n) is 14.8. The van der Waals surface area contributed by atoms with E-state index in [1.807, 2.05) is 30.3 Å². The minimum Gasteiger partial charge on any atom is -0.353 e. The summed E-state index contributed by atoms with van der Waals surface area (Å²) in [6.45, 7) is 0. The second-order valence-corrected chi connectivity index (χ2v) is 6.90. The van der Waals surface area contributed by atoms with Crippen molar-refractivity contribution in [2.45, 2.75) is 57.2 Å². The quantitative estimate of drug-likeness (QED) is 0.810. The van der Waals surface area contributed by atoms with E-state index in [1.165, 1.54) is 0 Å². The van der Waals surface area contributed by atoms with Crippen LogP contribution < -0.4 is 5.32 Å².